The summed E-state index contributed by atoms with van der Waals surface area (Å²) in [7, 11) is -3.51. The molecule has 0 bridgehead atoms. The standard InChI is InChI=1S/C25H23F3N4O5S/c1-2-38(33,34)31-24(14-36-15-24)19-5-3-4-17(10-19)22-11-23(30-32(22)12-20-13-35-16-29-20)37-21-8-6-18(7-9-21)25(26,27)28/h3-11,13,16,31H,2,12,14-15H2,1H3. The van der Waals surface area contributed by atoms with Gasteiger partial charge in [-0.1, -0.05) is 18.2 Å². The Morgan fingerprint density at radius 3 is 2.50 bits per heavy atom. The lowest BCUT2D eigenvalue weighted by Gasteiger charge is -2.42. The molecular formula is C25H23F3N4O5S. The van der Waals surface area contributed by atoms with E-state index in [1.165, 1.54) is 24.8 Å². The zero-order chi connectivity index (χ0) is 27.0. The zero-order valence-electron chi connectivity index (χ0n) is 20.1. The average Bonchev–Trinajstić information content (AvgIpc) is 3.51. The summed E-state index contributed by atoms with van der Waals surface area (Å²) in [5, 5.41) is 4.48. The van der Waals surface area contributed by atoms with Gasteiger partial charge >= 0.3 is 6.18 Å². The molecule has 38 heavy (non-hydrogen) atoms. The number of ether oxygens (including phenoxy) is 2. The first kappa shape index (κ1) is 25.9. The predicted molar refractivity (Wildman–Crippen MR) is 130 cm³/mol. The van der Waals surface area contributed by atoms with E-state index in [1.807, 2.05) is 18.2 Å². The molecule has 1 N–H and O–H groups in total. The van der Waals surface area contributed by atoms with Gasteiger partial charge in [0.2, 0.25) is 15.9 Å². The van der Waals surface area contributed by atoms with Crippen molar-refractivity contribution < 1.29 is 35.5 Å². The maximum absolute atomic E-state index is 12.9. The van der Waals surface area contributed by atoms with Gasteiger partial charge in [0.15, 0.2) is 6.39 Å². The van der Waals surface area contributed by atoms with Crippen LogP contribution in [0, 0.1) is 0 Å². The highest BCUT2D eigenvalue weighted by Gasteiger charge is 2.43. The smallest absolute Gasteiger partial charge is 0.416 e. The fraction of sp³-hybridized carbons (Fsp3) is 0.280. The van der Waals surface area contributed by atoms with Crippen LogP contribution in [0.15, 0.2) is 71.7 Å². The van der Waals surface area contributed by atoms with Crippen molar-refractivity contribution in [1.82, 2.24) is 19.5 Å². The third-order valence-electron chi connectivity index (χ3n) is 6.10. The van der Waals surface area contributed by atoms with Crippen LogP contribution in [0.3, 0.4) is 0 Å². The third kappa shape index (κ3) is 5.44. The van der Waals surface area contributed by atoms with E-state index in [2.05, 4.69) is 14.8 Å². The molecule has 1 saturated heterocycles. The molecule has 2 aromatic carbocycles. The van der Waals surface area contributed by atoms with Crippen molar-refractivity contribution in [1.29, 1.82) is 0 Å². The quantitative estimate of drug-likeness (QED) is 0.327. The Kier molecular flexibility index (Phi) is 6.75. The summed E-state index contributed by atoms with van der Waals surface area (Å²) < 4.78 is 84.0. The topological polar surface area (TPSA) is 108 Å². The monoisotopic (exact) mass is 548 g/mol. The number of nitrogens with one attached hydrogen (secondary N) is 1. The second-order valence-corrected chi connectivity index (χ2v) is 10.8. The maximum Gasteiger partial charge on any atom is 0.416 e. The van der Waals surface area contributed by atoms with Gasteiger partial charge in [0.1, 0.15) is 23.2 Å². The highest BCUT2D eigenvalue weighted by atomic mass is 32.2. The number of benzene rings is 2. The number of alkyl halides is 3. The van der Waals surface area contributed by atoms with Crippen LogP contribution in [0.1, 0.15) is 23.7 Å². The van der Waals surface area contributed by atoms with Gasteiger partial charge in [-0.2, -0.15) is 17.9 Å². The molecule has 1 aliphatic heterocycles. The molecule has 0 spiro atoms. The fourth-order valence-electron chi connectivity index (χ4n) is 4.03. The molecule has 1 aliphatic rings. The number of hydrogen-bond donors (Lipinski definition) is 1. The van der Waals surface area contributed by atoms with Crippen molar-refractivity contribution in [2.75, 3.05) is 19.0 Å². The van der Waals surface area contributed by atoms with E-state index in [0.29, 0.717) is 17.0 Å². The lowest BCUT2D eigenvalue weighted by atomic mass is 9.88. The molecule has 9 nitrogen and oxygen atoms in total. The van der Waals surface area contributed by atoms with E-state index in [0.717, 1.165) is 17.7 Å². The van der Waals surface area contributed by atoms with E-state index in [9.17, 15) is 21.6 Å². The number of oxazole rings is 1. The maximum atomic E-state index is 12.9. The SMILES string of the molecule is CCS(=O)(=O)NC1(c2cccc(-c3cc(Oc4ccc(C(F)(F)F)cc4)nn3Cc3cocn3)c2)COC1. The lowest BCUT2D eigenvalue weighted by Crippen LogP contribution is -2.59. The molecule has 0 amide bonds. The fourth-order valence-corrected chi connectivity index (χ4v) is 5.01. The summed E-state index contributed by atoms with van der Waals surface area (Å²) in [4.78, 5) is 4.13. The summed E-state index contributed by atoms with van der Waals surface area (Å²) in [5.41, 5.74) is 0.963. The molecule has 3 heterocycles. The van der Waals surface area contributed by atoms with E-state index in [4.69, 9.17) is 13.9 Å². The Balaban J connectivity index is 1.49. The van der Waals surface area contributed by atoms with Crippen LogP contribution in [0.25, 0.3) is 11.3 Å². The van der Waals surface area contributed by atoms with Crippen molar-refractivity contribution in [2.45, 2.75) is 25.2 Å². The molecule has 0 atom stereocenters. The van der Waals surface area contributed by atoms with E-state index in [-0.39, 0.29) is 37.1 Å². The molecule has 4 aromatic rings. The molecule has 2 aromatic heterocycles. The normalized spacial score (nSPS) is 15.3. The highest BCUT2D eigenvalue weighted by Crippen LogP contribution is 2.35. The van der Waals surface area contributed by atoms with Gasteiger partial charge in [0, 0.05) is 11.6 Å². The Morgan fingerprint density at radius 1 is 1.13 bits per heavy atom. The minimum atomic E-state index is -4.45. The summed E-state index contributed by atoms with van der Waals surface area (Å²) in [6.07, 6.45) is -1.69. The van der Waals surface area contributed by atoms with Crippen LogP contribution in [-0.2, 0) is 33.0 Å². The first-order valence-electron chi connectivity index (χ1n) is 11.6. The average molecular weight is 549 g/mol. The molecule has 0 unspecified atom stereocenters. The summed E-state index contributed by atoms with van der Waals surface area (Å²) in [5.74, 6) is 0.273. The molecular weight excluding hydrogens is 525 g/mol. The van der Waals surface area contributed by atoms with Crippen LogP contribution in [0.4, 0.5) is 13.2 Å². The van der Waals surface area contributed by atoms with Crippen LogP contribution in [-0.4, -0.2) is 42.1 Å². The van der Waals surface area contributed by atoms with E-state index >= 15 is 0 Å². The first-order valence-corrected chi connectivity index (χ1v) is 13.2. The lowest BCUT2D eigenvalue weighted by molar-refractivity contribution is -0.137. The van der Waals surface area contributed by atoms with Crippen LogP contribution in [0.5, 0.6) is 11.6 Å². The van der Waals surface area contributed by atoms with Gasteiger partial charge in [-0.05, 0) is 42.8 Å². The van der Waals surface area contributed by atoms with Crippen molar-refractivity contribution in [2.24, 2.45) is 0 Å². The number of hydrogen-bond acceptors (Lipinski definition) is 7. The first-order chi connectivity index (χ1) is 18.1. The van der Waals surface area contributed by atoms with Crippen molar-refractivity contribution in [3.8, 4) is 22.9 Å². The van der Waals surface area contributed by atoms with Gasteiger partial charge in [-0.3, -0.25) is 4.68 Å². The number of nitrogens with zero attached hydrogens (tertiary/aromatic N) is 3. The molecule has 1 fully saturated rings. The summed E-state index contributed by atoms with van der Waals surface area (Å²) >= 11 is 0. The van der Waals surface area contributed by atoms with Gasteiger partial charge in [-0.25, -0.2) is 13.4 Å². The molecule has 0 aliphatic carbocycles. The Morgan fingerprint density at radius 2 is 1.89 bits per heavy atom. The van der Waals surface area contributed by atoms with Crippen LogP contribution < -0.4 is 9.46 Å². The molecule has 0 saturated carbocycles. The predicted octanol–water partition coefficient (Wildman–Crippen LogP) is 4.56. The number of halogens is 3. The van der Waals surface area contributed by atoms with Gasteiger partial charge in [0.25, 0.3) is 0 Å². The minimum absolute atomic E-state index is 0.0659. The zero-order valence-corrected chi connectivity index (χ0v) is 20.9. The second-order valence-electron chi connectivity index (χ2n) is 8.79. The van der Waals surface area contributed by atoms with Crippen molar-refractivity contribution >= 4 is 10.0 Å². The summed E-state index contributed by atoms with van der Waals surface area (Å²) in [6.45, 7) is 2.17. The molecule has 5 rings (SSSR count). The van der Waals surface area contributed by atoms with E-state index in [1.54, 1.807) is 23.7 Å². The van der Waals surface area contributed by atoms with Gasteiger partial charge in [0.05, 0.1) is 36.8 Å². The summed E-state index contributed by atoms with van der Waals surface area (Å²) in [6, 6.07) is 13.3. The third-order valence-corrected chi connectivity index (χ3v) is 7.56. The number of sulfonamides is 1. The number of rotatable bonds is 9. The van der Waals surface area contributed by atoms with E-state index < -0.39 is 27.3 Å². The Labute approximate surface area is 216 Å². The van der Waals surface area contributed by atoms with Crippen molar-refractivity contribution in [3.63, 3.8) is 0 Å². The molecule has 13 heteroatoms. The second kappa shape index (κ2) is 9.89. The largest absolute Gasteiger partial charge is 0.451 e. The Hall–Kier alpha value is -3.68. The minimum Gasteiger partial charge on any atom is -0.451 e. The van der Waals surface area contributed by atoms with Crippen molar-refractivity contribution in [3.05, 3.63) is 84.1 Å². The van der Waals surface area contributed by atoms with Gasteiger partial charge in [-0.15, -0.1) is 5.10 Å². The highest BCUT2D eigenvalue weighted by molar-refractivity contribution is 7.89. The molecule has 0 radical (unpaired) electrons. The van der Waals surface area contributed by atoms with Crippen LogP contribution >= 0.6 is 0 Å². The Bertz CT molecular complexity index is 1510. The molecule has 200 valence electrons. The van der Waals surface area contributed by atoms with Crippen LogP contribution in [0.2, 0.25) is 0 Å². The van der Waals surface area contributed by atoms with Gasteiger partial charge < -0.3 is 13.9 Å². The number of aromatic nitrogens is 3.